The van der Waals surface area contributed by atoms with Crippen molar-refractivity contribution in [3.05, 3.63) is 15.9 Å². The van der Waals surface area contributed by atoms with Crippen molar-refractivity contribution in [2.75, 3.05) is 0 Å². The van der Waals surface area contributed by atoms with Crippen LogP contribution in [0.25, 0.3) is 0 Å². The first kappa shape index (κ1) is 13.1. The summed E-state index contributed by atoms with van der Waals surface area (Å²) in [6.07, 6.45) is 5.50. The molecule has 1 aromatic heterocycles. The van der Waals surface area contributed by atoms with Gasteiger partial charge in [-0.2, -0.15) is 5.10 Å². The molecular formula is C13H21BrN2O. The van der Waals surface area contributed by atoms with E-state index in [9.17, 15) is 0 Å². The topological polar surface area (TPSA) is 27.1 Å². The summed E-state index contributed by atoms with van der Waals surface area (Å²) in [6.45, 7) is 4.99. The molecule has 0 aromatic carbocycles. The summed E-state index contributed by atoms with van der Waals surface area (Å²) in [5.74, 6) is 0.811. The van der Waals surface area contributed by atoms with Crippen LogP contribution in [0.4, 0.5) is 0 Å². The molecule has 3 nitrogen and oxygen atoms in total. The first-order chi connectivity index (χ1) is 8.08. The average Bonchev–Trinajstić information content (AvgIpc) is 2.51. The molecular weight excluding hydrogens is 280 g/mol. The lowest BCUT2D eigenvalue weighted by Crippen LogP contribution is -2.21. The zero-order valence-corrected chi connectivity index (χ0v) is 12.5. The van der Waals surface area contributed by atoms with Gasteiger partial charge in [0.25, 0.3) is 0 Å². The van der Waals surface area contributed by atoms with E-state index < -0.39 is 0 Å². The van der Waals surface area contributed by atoms with Gasteiger partial charge in [-0.25, -0.2) is 0 Å². The van der Waals surface area contributed by atoms with Crippen LogP contribution in [0.1, 0.15) is 44.0 Å². The van der Waals surface area contributed by atoms with Crippen LogP contribution >= 0.6 is 15.9 Å². The van der Waals surface area contributed by atoms with Crippen molar-refractivity contribution in [2.24, 2.45) is 13.0 Å². The summed E-state index contributed by atoms with van der Waals surface area (Å²) in [7, 11) is 1.97. The van der Waals surface area contributed by atoms with Gasteiger partial charge in [-0.3, -0.25) is 4.68 Å². The van der Waals surface area contributed by atoms with Crippen molar-refractivity contribution in [3.8, 4) is 0 Å². The molecule has 1 aromatic rings. The Labute approximate surface area is 112 Å². The van der Waals surface area contributed by atoms with Crippen molar-refractivity contribution in [1.82, 2.24) is 9.78 Å². The Hall–Kier alpha value is -0.350. The molecule has 2 rings (SSSR count). The Kier molecular flexibility index (Phi) is 4.26. The Balaban J connectivity index is 1.93. The molecule has 1 saturated carbocycles. The smallest absolute Gasteiger partial charge is 0.0900 e. The lowest BCUT2D eigenvalue weighted by atomic mass is 9.89. The molecule has 0 aliphatic heterocycles. The second-order valence-corrected chi connectivity index (χ2v) is 5.97. The van der Waals surface area contributed by atoms with Crippen molar-refractivity contribution in [1.29, 1.82) is 0 Å². The van der Waals surface area contributed by atoms with Gasteiger partial charge in [-0.15, -0.1) is 0 Å². The van der Waals surface area contributed by atoms with Crippen molar-refractivity contribution in [2.45, 2.75) is 52.2 Å². The van der Waals surface area contributed by atoms with E-state index in [0.29, 0.717) is 12.7 Å². The van der Waals surface area contributed by atoms with Crippen LogP contribution in [-0.2, 0) is 18.4 Å². The second-order valence-electron chi connectivity index (χ2n) is 5.17. The van der Waals surface area contributed by atoms with Gasteiger partial charge >= 0.3 is 0 Å². The molecule has 96 valence electrons. The predicted molar refractivity (Wildman–Crippen MR) is 71.9 cm³/mol. The number of rotatable bonds is 3. The standard InChI is InChI=1S/C13H21BrN2O/c1-9-5-4-6-11(7-9)17-8-12-13(14)10(2)15-16(12)3/h9,11H,4-8H2,1-3H3. The highest BCUT2D eigenvalue weighted by molar-refractivity contribution is 9.10. The highest BCUT2D eigenvalue weighted by Crippen LogP contribution is 2.27. The molecule has 0 radical (unpaired) electrons. The minimum Gasteiger partial charge on any atom is -0.372 e. The maximum atomic E-state index is 6.02. The van der Waals surface area contributed by atoms with E-state index in [-0.39, 0.29) is 0 Å². The molecule has 0 spiro atoms. The maximum absolute atomic E-state index is 6.02. The average molecular weight is 301 g/mol. The third kappa shape index (κ3) is 3.10. The van der Waals surface area contributed by atoms with E-state index in [1.165, 1.54) is 25.7 Å². The summed E-state index contributed by atoms with van der Waals surface area (Å²) in [5, 5.41) is 4.38. The minimum absolute atomic E-state index is 0.431. The first-order valence-electron chi connectivity index (χ1n) is 6.37. The summed E-state index contributed by atoms with van der Waals surface area (Å²) in [5.41, 5.74) is 2.17. The van der Waals surface area contributed by atoms with E-state index in [0.717, 1.165) is 21.8 Å². The number of ether oxygens (including phenoxy) is 1. The van der Waals surface area contributed by atoms with E-state index in [4.69, 9.17) is 4.74 Å². The highest BCUT2D eigenvalue weighted by atomic mass is 79.9. The lowest BCUT2D eigenvalue weighted by molar-refractivity contribution is 0.00173. The molecule has 0 amide bonds. The van der Waals surface area contributed by atoms with Crippen LogP contribution in [-0.4, -0.2) is 15.9 Å². The van der Waals surface area contributed by atoms with Crippen LogP contribution in [0.2, 0.25) is 0 Å². The SMILES string of the molecule is Cc1nn(C)c(COC2CCCC(C)C2)c1Br. The van der Waals surface area contributed by atoms with Crippen LogP contribution in [0.3, 0.4) is 0 Å². The van der Waals surface area contributed by atoms with Gasteiger partial charge in [0, 0.05) is 7.05 Å². The number of hydrogen-bond donors (Lipinski definition) is 0. The zero-order chi connectivity index (χ0) is 12.4. The molecule has 1 heterocycles. The van der Waals surface area contributed by atoms with Crippen LogP contribution < -0.4 is 0 Å². The Morgan fingerprint density at radius 2 is 2.24 bits per heavy atom. The molecule has 2 atom stereocenters. The molecule has 0 bridgehead atoms. The van der Waals surface area contributed by atoms with Crippen LogP contribution in [0.15, 0.2) is 4.47 Å². The molecule has 2 unspecified atom stereocenters. The molecule has 1 aliphatic rings. The largest absolute Gasteiger partial charge is 0.372 e. The summed E-state index contributed by atoms with van der Waals surface area (Å²) in [4.78, 5) is 0. The molecule has 0 saturated heterocycles. The molecule has 0 N–H and O–H groups in total. The predicted octanol–water partition coefficient (Wildman–Crippen LogP) is 3.59. The number of hydrogen-bond acceptors (Lipinski definition) is 2. The molecule has 1 fully saturated rings. The van der Waals surface area contributed by atoms with E-state index in [1.54, 1.807) is 0 Å². The van der Waals surface area contributed by atoms with Crippen molar-refractivity contribution < 1.29 is 4.74 Å². The quantitative estimate of drug-likeness (QED) is 0.853. The third-order valence-corrected chi connectivity index (χ3v) is 4.64. The van der Waals surface area contributed by atoms with E-state index in [1.807, 2.05) is 18.7 Å². The Morgan fingerprint density at radius 3 is 2.82 bits per heavy atom. The molecule has 4 heteroatoms. The van der Waals surface area contributed by atoms with Crippen molar-refractivity contribution in [3.63, 3.8) is 0 Å². The van der Waals surface area contributed by atoms with Gasteiger partial charge < -0.3 is 4.74 Å². The van der Waals surface area contributed by atoms with Gasteiger partial charge in [0.15, 0.2) is 0 Å². The van der Waals surface area contributed by atoms with Crippen LogP contribution in [0.5, 0.6) is 0 Å². The van der Waals surface area contributed by atoms with Crippen molar-refractivity contribution >= 4 is 15.9 Å². The Bertz CT molecular complexity index is 389. The second kappa shape index (κ2) is 5.53. The number of aromatic nitrogens is 2. The number of aryl methyl sites for hydroxylation is 2. The zero-order valence-electron chi connectivity index (χ0n) is 10.9. The van der Waals surface area contributed by atoms with Gasteiger partial charge in [-0.05, 0) is 41.6 Å². The summed E-state index contributed by atoms with van der Waals surface area (Å²) in [6, 6.07) is 0. The maximum Gasteiger partial charge on any atom is 0.0900 e. The fourth-order valence-electron chi connectivity index (χ4n) is 2.56. The normalized spacial score (nSPS) is 25.2. The first-order valence-corrected chi connectivity index (χ1v) is 7.16. The monoisotopic (exact) mass is 300 g/mol. The lowest BCUT2D eigenvalue weighted by Gasteiger charge is -2.26. The fourth-order valence-corrected chi connectivity index (χ4v) is 3.01. The number of nitrogens with zero attached hydrogens (tertiary/aromatic N) is 2. The minimum atomic E-state index is 0.431. The number of halogens is 1. The van der Waals surface area contributed by atoms with Crippen LogP contribution in [0, 0.1) is 12.8 Å². The summed E-state index contributed by atoms with van der Waals surface area (Å²) < 4.78 is 9.02. The Morgan fingerprint density at radius 1 is 1.47 bits per heavy atom. The molecule has 1 aliphatic carbocycles. The summed E-state index contributed by atoms with van der Waals surface area (Å²) >= 11 is 3.57. The third-order valence-electron chi connectivity index (χ3n) is 3.61. The van der Waals surface area contributed by atoms with Gasteiger partial charge in [0.1, 0.15) is 0 Å². The molecule has 17 heavy (non-hydrogen) atoms. The van der Waals surface area contributed by atoms with Gasteiger partial charge in [0.2, 0.25) is 0 Å². The fraction of sp³-hybridized carbons (Fsp3) is 0.769. The van der Waals surface area contributed by atoms with Gasteiger partial charge in [-0.1, -0.05) is 19.8 Å². The van der Waals surface area contributed by atoms with E-state index in [2.05, 4.69) is 28.0 Å². The van der Waals surface area contributed by atoms with Gasteiger partial charge in [0.05, 0.1) is 28.6 Å². The van der Waals surface area contributed by atoms with E-state index >= 15 is 0 Å². The highest BCUT2D eigenvalue weighted by Gasteiger charge is 2.20.